The third-order valence-corrected chi connectivity index (χ3v) is 5.33. The van der Waals surface area contributed by atoms with Gasteiger partial charge < -0.3 is 15.4 Å². The Labute approximate surface area is 184 Å². The quantitative estimate of drug-likeness (QED) is 0.263. The predicted molar refractivity (Wildman–Crippen MR) is 122 cm³/mol. The summed E-state index contributed by atoms with van der Waals surface area (Å²) in [7, 11) is 1.63. The summed E-state index contributed by atoms with van der Waals surface area (Å²) >= 11 is 6.16. The normalized spacial score (nSPS) is 11.2. The molecule has 4 aromatic rings. The SMILES string of the molecule is COc1ccc2nc3cc(Cl)ccc3c(NCCCNCc3cc(F)ccc3F)c2c1. The van der Waals surface area contributed by atoms with Gasteiger partial charge >= 0.3 is 0 Å². The lowest BCUT2D eigenvalue weighted by Gasteiger charge is -2.14. The van der Waals surface area contributed by atoms with E-state index < -0.39 is 11.6 Å². The molecule has 0 saturated heterocycles. The minimum absolute atomic E-state index is 0.278. The lowest BCUT2D eigenvalue weighted by molar-refractivity contribution is 0.415. The zero-order valence-corrected chi connectivity index (χ0v) is 17.8. The summed E-state index contributed by atoms with van der Waals surface area (Å²) in [6, 6.07) is 14.9. The first kappa shape index (κ1) is 21.3. The van der Waals surface area contributed by atoms with E-state index in [1.807, 2.05) is 36.4 Å². The van der Waals surface area contributed by atoms with Gasteiger partial charge in [-0.3, -0.25) is 0 Å². The molecule has 0 saturated carbocycles. The standard InChI is InChI=1S/C24H22ClF2N3O/c1-31-18-5-8-22-20(13-18)24(19-6-3-16(25)12-23(19)30-22)29-10-2-9-28-14-15-11-17(26)4-7-21(15)27/h3-8,11-13,28H,2,9-10,14H2,1H3,(H,29,30). The average molecular weight is 442 g/mol. The van der Waals surface area contributed by atoms with Crippen LogP contribution in [0.4, 0.5) is 14.5 Å². The fourth-order valence-corrected chi connectivity index (χ4v) is 3.71. The van der Waals surface area contributed by atoms with Gasteiger partial charge in [0.1, 0.15) is 17.4 Å². The van der Waals surface area contributed by atoms with Crippen molar-refractivity contribution in [3.63, 3.8) is 0 Å². The molecule has 0 atom stereocenters. The van der Waals surface area contributed by atoms with Gasteiger partial charge in [-0.05, 0) is 67.6 Å². The molecule has 0 spiro atoms. The number of fused-ring (bicyclic) bond motifs is 2. The number of halogens is 3. The fourth-order valence-electron chi connectivity index (χ4n) is 3.54. The third kappa shape index (κ3) is 4.86. The molecule has 4 nitrogen and oxygen atoms in total. The maximum atomic E-state index is 13.7. The topological polar surface area (TPSA) is 46.2 Å². The van der Waals surface area contributed by atoms with Crippen LogP contribution in [0, 0.1) is 11.6 Å². The van der Waals surface area contributed by atoms with Crippen molar-refractivity contribution >= 4 is 39.1 Å². The number of rotatable bonds is 8. The molecule has 4 rings (SSSR count). The molecule has 1 aromatic heterocycles. The van der Waals surface area contributed by atoms with Crippen LogP contribution in [0.2, 0.25) is 5.02 Å². The third-order valence-electron chi connectivity index (χ3n) is 5.10. The molecule has 160 valence electrons. The Bertz CT molecular complexity index is 1230. The number of methoxy groups -OCH3 is 1. The highest BCUT2D eigenvalue weighted by atomic mass is 35.5. The van der Waals surface area contributed by atoms with Crippen LogP contribution < -0.4 is 15.4 Å². The van der Waals surface area contributed by atoms with E-state index in [-0.39, 0.29) is 6.54 Å². The van der Waals surface area contributed by atoms with E-state index in [1.165, 1.54) is 6.07 Å². The molecule has 7 heteroatoms. The fraction of sp³-hybridized carbons (Fsp3) is 0.208. The number of anilines is 1. The first-order chi connectivity index (χ1) is 15.0. The molecule has 1 heterocycles. The van der Waals surface area contributed by atoms with E-state index >= 15 is 0 Å². The summed E-state index contributed by atoms with van der Waals surface area (Å²) in [6.45, 7) is 1.62. The first-order valence-electron chi connectivity index (χ1n) is 10.0. The molecular weight excluding hydrogens is 420 g/mol. The van der Waals surface area contributed by atoms with E-state index in [4.69, 9.17) is 21.3 Å². The second-order valence-electron chi connectivity index (χ2n) is 7.22. The maximum absolute atomic E-state index is 13.7. The molecule has 0 aliphatic rings. The van der Waals surface area contributed by atoms with Crippen molar-refractivity contribution in [1.29, 1.82) is 0 Å². The van der Waals surface area contributed by atoms with Crippen LogP contribution in [0.1, 0.15) is 12.0 Å². The van der Waals surface area contributed by atoms with Crippen LogP contribution in [0.15, 0.2) is 54.6 Å². The number of pyridine rings is 1. The second kappa shape index (κ2) is 9.45. The zero-order chi connectivity index (χ0) is 21.8. The number of benzene rings is 3. The lowest BCUT2D eigenvalue weighted by atomic mass is 10.1. The summed E-state index contributed by atoms with van der Waals surface area (Å²) < 4.78 is 32.4. The molecule has 0 unspecified atom stereocenters. The summed E-state index contributed by atoms with van der Waals surface area (Å²) in [5, 5.41) is 9.23. The summed E-state index contributed by atoms with van der Waals surface area (Å²) in [5.74, 6) is -0.0920. The van der Waals surface area contributed by atoms with Gasteiger partial charge in [0, 0.05) is 34.4 Å². The van der Waals surface area contributed by atoms with Gasteiger partial charge in [-0.15, -0.1) is 0 Å². The number of ether oxygens (including phenoxy) is 1. The van der Waals surface area contributed by atoms with Crippen molar-refractivity contribution in [3.05, 3.63) is 76.8 Å². The molecular formula is C24H22ClF2N3O. The van der Waals surface area contributed by atoms with Crippen molar-refractivity contribution in [2.24, 2.45) is 0 Å². The number of nitrogens with zero attached hydrogens (tertiary/aromatic N) is 1. The number of nitrogens with one attached hydrogen (secondary N) is 2. The van der Waals surface area contributed by atoms with Gasteiger partial charge in [0.25, 0.3) is 0 Å². The average Bonchev–Trinajstić information content (AvgIpc) is 2.77. The van der Waals surface area contributed by atoms with Gasteiger partial charge in [-0.2, -0.15) is 0 Å². The zero-order valence-electron chi connectivity index (χ0n) is 17.0. The minimum Gasteiger partial charge on any atom is -0.497 e. The molecule has 0 bridgehead atoms. The number of hydrogen-bond acceptors (Lipinski definition) is 4. The Morgan fingerprint density at radius 2 is 1.81 bits per heavy atom. The Balaban J connectivity index is 1.47. The van der Waals surface area contributed by atoms with E-state index in [0.29, 0.717) is 23.7 Å². The van der Waals surface area contributed by atoms with Gasteiger partial charge in [-0.25, -0.2) is 13.8 Å². The molecule has 0 aliphatic carbocycles. The van der Waals surface area contributed by atoms with Crippen LogP contribution in [0.5, 0.6) is 5.75 Å². The van der Waals surface area contributed by atoms with Crippen LogP contribution in [0.25, 0.3) is 21.8 Å². The first-order valence-corrected chi connectivity index (χ1v) is 10.4. The number of hydrogen-bond donors (Lipinski definition) is 2. The molecule has 0 radical (unpaired) electrons. The number of aromatic nitrogens is 1. The van der Waals surface area contributed by atoms with E-state index in [0.717, 1.165) is 51.8 Å². The minimum atomic E-state index is -0.438. The Kier molecular flexibility index (Phi) is 6.49. The highest BCUT2D eigenvalue weighted by molar-refractivity contribution is 6.31. The predicted octanol–water partition coefficient (Wildman–Crippen LogP) is 5.92. The molecule has 2 N–H and O–H groups in total. The highest BCUT2D eigenvalue weighted by Gasteiger charge is 2.11. The Morgan fingerprint density at radius 3 is 2.65 bits per heavy atom. The van der Waals surface area contributed by atoms with E-state index in [9.17, 15) is 8.78 Å². The molecule has 0 fully saturated rings. The van der Waals surface area contributed by atoms with Crippen LogP contribution in [0.3, 0.4) is 0 Å². The molecule has 31 heavy (non-hydrogen) atoms. The summed E-state index contributed by atoms with van der Waals surface area (Å²) in [4.78, 5) is 4.72. The maximum Gasteiger partial charge on any atom is 0.127 e. The van der Waals surface area contributed by atoms with E-state index in [2.05, 4.69) is 10.6 Å². The van der Waals surface area contributed by atoms with E-state index in [1.54, 1.807) is 7.11 Å². The Hall–Kier alpha value is -2.96. The van der Waals surface area contributed by atoms with Gasteiger partial charge in [0.05, 0.1) is 23.8 Å². The molecule has 0 aliphatic heterocycles. The second-order valence-corrected chi connectivity index (χ2v) is 7.66. The largest absolute Gasteiger partial charge is 0.497 e. The van der Waals surface area contributed by atoms with Crippen molar-refractivity contribution in [2.45, 2.75) is 13.0 Å². The smallest absolute Gasteiger partial charge is 0.127 e. The monoisotopic (exact) mass is 441 g/mol. The van der Waals surface area contributed by atoms with Crippen molar-refractivity contribution in [3.8, 4) is 5.75 Å². The molecule has 3 aromatic carbocycles. The lowest BCUT2D eigenvalue weighted by Crippen LogP contribution is -2.18. The summed E-state index contributed by atoms with van der Waals surface area (Å²) in [6.07, 6.45) is 0.791. The van der Waals surface area contributed by atoms with Crippen molar-refractivity contribution in [2.75, 3.05) is 25.5 Å². The highest BCUT2D eigenvalue weighted by Crippen LogP contribution is 2.34. The van der Waals surface area contributed by atoms with Crippen LogP contribution in [-0.2, 0) is 6.54 Å². The van der Waals surface area contributed by atoms with Crippen LogP contribution >= 0.6 is 11.6 Å². The van der Waals surface area contributed by atoms with Crippen LogP contribution in [-0.4, -0.2) is 25.2 Å². The van der Waals surface area contributed by atoms with Gasteiger partial charge in [-0.1, -0.05) is 11.6 Å². The Morgan fingerprint density at radius 1 is 0.935 bits per heavy atom. The summed E-state index contributed by atoms with van der Waals surface area (Å²) in [5.41, 5.74) is 2.94. The van der Waals surface area contributed by atoms with Gasteiger partial charge in [0.2, 0.25) is 0 Å². The van der Waals surface area contributed by atoms with Gasteiger partial charge in [0.15, 0.2) is 0 Å². The molecule has 0 amide bonds. The van der Waals surface area contributed by atoms with Crippen molar-refractivity contribution in [1.82, 2.24) is 10.3 Å². The van der Waals surface area contributed by atoms with Crippen molar-refractivity contribution < 1.29 is 13.5 Å².